The summed E-state index contributed by atoms with van der Waals surface area (Å²) in [5.74, 6) is -0.219. The lowest BCUT2D eigenvalue weighted by molar-refractivity contribution is 0.546. The minimum Gasteiger partial charge on any atom is -0.358 e. The molecule has 22 heavy (non-hydrogen) atoms. The average Bonchev–Trinajstić information content (AvgIpc) is 3.12. The highest BCUT2D eigenvalue weighted by atomic mass is 19.1. The topological polar surface area (TPSA) is 28.2 Å². The van der Waals surface area contributed by atoms with Crippen molar-refractivity contribution in [2.75, 3.05) is 10.2 Å². The zero-order chi connectivity index (χ0) is 15.1. The van der Waals surface area contributed by atoms with E-state index in [-0.39, 0.29) is 6.17 Å². The fourth-order valence-corrected chi connectivity index (χ4v) is 3.60. The zero-order valence-corrected chi connectivity index (χ0v) is 12.1. The van der Waals surface area contributed by atoms with Crippen molar-refractivity contribution >= 4 is 11.5 Å². The molecule has 0 amide bonds. The number of fused-ring (bicyclic) bond motifs is 1. The maximum Gasteiger partial charge on any atom is 0.154 e. The van der Waals surface area contributed by atoms with Crippen LogP contribution < -0.4 is 10.2 Å². The van der Waals surface area contributed by atoms with E-state index in [1.807, 2.05) is 12.1 Å². The van der Waals surface area contributed by atoms with Crippen LogP contribution in [0.5, 0.6) is 0 Å². The summed E-state index contributed by atoms with van der Waals surface area (Å²) in [7, 11) is 0. The molecule has 2 heterocycles. The number of hydrogen-bond donors (Lipinski definition) is 1. The molecule has 1 unspecified atom stereocenters. The average molecular weight is 301 g/mol. The first-order valence-electron chi connectivity index (χ1n) is 7.68. The van der Waals surface area contributed by atoms with Crippen LogP contribution in [0.1, 0.15) is 37.4 Å². The second kappa shape index (κ2) is 5.23. The summed E-state index contributed by atoms with van der Waals surface area (Å²) in [6.45, 7) is 0. The minimum atomic E-state index is -0.549. The fraction of sp³-hybridized carbons (Fsp3) is 0.353. The van der Waals surface area contributed by atoms with Crippen molar-refractivity contribution in [2.24, 2.45) is 0 Å². The fourth-order valence-electron chi connectivity index (χ4n) is 3.60. The molecule has 1 aromatic heterocycles. The summed E-state index contributed by atoms with van der Waals surface area (Å²) in [5.41, 5.74) is 1.52. The van der Waals surface area contributed by atoms with Crippen LogP contribution in [0.15, 0.2) is 36.5 Å². The second-order valence-electron chi connectivity index (χ2n) is 5.97. The van der Waals surface area contributed by atoms with E-state index in [0.717, 1.165) is 30.4 Å². The van der Waals surface area contributed by atoms with Gasteiger partial charge >= 0.3 is 0 Å². The lowest BCUT2D eigenvalue weighted by Crippen LogP contribution is -2.36. The number of nitrogens with one attached hydrogen (secondary N) is 1. The highest BCUT2D eigenvalue weighted by molar-refractivity contribution is 5.73. The number of hydrogen-bond acceptors (Lipinski definition) is 3. The van der Waals surface area contributed by atoms with Crippen molar-refractivity contribution in [3.05, 3.63) is 53.7 Å². The van der Waals surface area contributed by atoms with E-state index < -0.39 is 11.6 Å². The molecule has 5 heteroatoms. The Morgan fingerprint density at radius 1 is 1.09 bits per heavy atom. The first-order chi connectivity index (χ1) is 10.7. The van der Waals surface area contributed by atoms with Gasteiger partial charge in [0.15, 0.2) is 5.82 Å². The van der Waals surface area contributed by atoms with Crippen LogP contribution >= 0.6 is 0 Å². The number of aromatic nitrogens is 1. The van der Waals surface area contributed by atoms with Crippen LogP contribution in [0.3, 0.4) is 0 Å². The highest BCUT2D eigenvalue weighted by Gasteiger charge is 2.37. The quantitative estimate of drug-likeness (QED) is 0.899. The first-order valence-corrected chi connectivity index (χ1v) is 7.68. The van der Waals surface area contributed by atoms with Gasteiger partial charge in [-0.25, -0.2) is 13.8 Å². The molecule has 0 spiro atoms. The summed E-state index contributed by atoms with van der Waals surface area (Å²) < 4.78 is 27.2. The largest absolute Gasteiger partial charge is 0.358 e. The van der Waals surface area contributed by atoms with Crippen molar-refractivity contribution in [1.82, 2.24) is 4.98 Å². The van der Waals surface area contributed by atoms with Gasteiger partial charge in [0.1, 0.15) is 17.8 Å². The first kappa shape index (κ1) is 13.5. The van der Waals surface area contributed by atoms with Gasteiger partial charge in [-0.3, -0.25) is 0 Å². The van der Waals surface area contributed by atoms with E-state index in [1.54, 1.807) is 6.20 Å². The molecule has 1 aliphatic heterocycles. The Balaban J connectivity index is 1.77. The minimum absolute atomic E-state index is 0.266. The summed E-state index contributed by atoms with van der Waals surface area (Å²) in [6.07, 6.45) is 6.05. The van der Waals surface area contributed by atoms with Crippen molar-refractivity contribution in [1.29, 1.82) is 0 Å². The molecule has 0 radical (unpaired) electrons. The maximum atomic E-state index is 13.6. The van der Waals surface area contributed by atoms with E-state index in [1.165, 1.54) is 25.0 Å². The molecule has 4 rings (SSSR count). The number of halogens is 2. The third kappa shape index (κ3) is 2.21. The van der Waals surface area contributed by atoms with Gasteiger partial charge in [-0.2, -0.15) is 0 Å². The van der Waals surface area contributed by atoms with E-state index in [4.69, 9.17) is 0 Å². The SMILES string of the molecule is Fc1cc(F)cc(C2Nc3cccnc3N2C2CCCC2)c1. The van der Waals surface area contributed by atoms with Crippen molar-refractivity contribution in [2.45, 2.75) is 37.9 Å². The highest BCUT2D eigenvalue weighted by Crippen LogP contribution is 2.44. The lowest BCUT2D eigenvalue weighted by atomic mass is 10.1. The Kier molecular flexibility index (Phi) is 3.21. The Morgan fingerprint density at radius 2 is 1.82 bits per heavy atom. The molecule has 0 saturated heterocycles. The van der Waals surface area contributed by atoms with Crippen LogP contribution in [0.2, 0.25) is 0 Å². The number of pyridine rings is 1. The Labute approximate surface area is 128 Å². The molecular weight excluding hydrogens is 284 g/mol. The van der Waals surface area contributed by atoms with E-state index in [0.29, 0.717) is 11.6 Å². The smallest absolute Gasteiger partial charge is 0.154 e. The van der Waals surface area contributed by atoms with Gasteiger partial charge in [0.2, 0.25) is 0 Å². The Hall–Kier alpha value is -2.17. The number of benzene rings is 1. The lowest BCUT2D eigenvalue weighted by Gasteiger charge is -2.32. The van der Waals surface area contributed by atoms with Crippen molar-refractivity contribution in [3.63, 3.8) is 0 Å². The zero-order valence-electron chi connectivity index (χ0n) is 12.1. The molecule has 1 fully saturated rings. The molecule has 2 aliphatic rings. The molecule has 1 aliphatic carbocycles. The molecular formula is C17H17F2N3. The summed E-state index contributed by atoms with van der Waals surface area (Å²) in [5, 5.41) is 3.36. The van der Waals surface area contributed by atoms with Gasteiger partial charge in [-0.15, -0.1) is 0 Å². The molecule has 1 N–H and O–H groups in total. The molecule has 1 aromatic carbocycles. The Bertz CT molecular complexity index is 678. The Morgan fingerprint density at radius 3 is 2.55 bits per heavy atom. The summed E-state index contributed by atoms with van der Waals surface area (Å²) in [6, 6.07) is 7.89. The number of anilines is 2. The standard InChI is InChI=1S/C17H17F2N3/c18-12-8-11(9-13(19)10-12)16-21-15-6-3-7-20-17(15)22(16)14-4-1-2-5-14/h3,6-10,14,16,21H,1-2,4-5H2. The van der Waals surface area contributed by atoms with Crippen molar-refractivity contribution < 1.29 is 8.78 Å². The van der Waals surface area contributed by atoms with Gasteiger partial charge < -0.3 is 10.2 Å². The monoisotopic (exact) mass is 301 g/mol. The van der Waals surface area contributed by atoms with E-state index in [2.05, 4.69) is 15.2 Å². The van der Waals surface area contributed by atoms with Crippen LogP contribution in [0.4, 0.5) is 20.3 Å². The predicted molar refractivity (Wildman–Crippen MR) is 81.7 cm³/mol. The third-order valence-electron chi connectivity index (χ3n) is 4.52. The molecule has 1 atom stereocenters. The number of rotatable bonds is 2. The third-order valence-corrected chi connectivity index (χ3v) is 4.52. The van der Waals surface area contributed by atoms with E-state index in [9.17, 15) is 8.78 Å². The van der Waals surface area contributed by atoms with Crippen LogP contribution in [0.25, 0.3) is 0 Å². The molecule has 0 bridgehead atoms. The van der Waals surface area contributed by atoms with Gasteiger partial charge in [-0.1, -0.05) is 12.8 Å². The van der Waals surface area contributed by atoms with Gasteiger partial charge in [-0.05, 0) is 37.1 Å². The van der Waals surface area contributed by atoms with Crippen LogP contribution in [-0.4, -0.2) is 11.0 Å². The maximum absolute atomic E-state index is 13.6. The molecule has 1 saturated carbocycles. The molecule has 2 aromatic rings. The second-order valence-corrected chi connectivity index (χ2v) is 5.97. The van der Waals surface area contributed by atoms with Gasteiger partial charge in [0.25, 0.3) is 0 Å². The molecule has 3 nitrogen and oxygen atoms in total. The van der Waals surface area contributed by atoms with E-state index >= 15 is 0 Å². The number of nitrogens with zero attached hydrogens (tertiary/aromatic N) is 2. The molecule has 114 valence electrons. The predicted octanol–water partition coefficient (Wildman–Crippen LogP) is 4.23. The van der Waals surface area contributed by atoms with Gasteiger partial charge in [0.05, 0.1) is 5.69 Å². The van der Waals surface area contributed by atoms with Crippen molar-refractivity contribution in [3.8, 4) is 0 Å². The van der Waals surface area contributed by atoms with Crippen LogP contribution in [-0.2, 0) is 0 Å². The summed E-state index contributed by atoms with van der Waals surface area (Å²) in [4.78, 5) is 6.67. The van der Waals surface area contributed by atoms with Crippen LogP contribution in [0, 0.1) is 11.6 Å². The van der Waals surface area contributed by atoms with Gasteiger partial charge in [0, 0.05) is 23.9 Å². The normalized spacial score (nSPS) is 21.0. The summed E-state index contributed by atoms with van der Waals surface area (Å²) >= 11 is 0.